The number of carbonyl (C=O) groups is 2. The monoisotopic (exact) mass is 438 g/mol. The van der Waals surface area contributed by atoms with Crippen molar-refractivity contribution >= 4 is 23.3 Å². The largest absolute Gasteiger partial charge is 0.371 e. The minimum absolute atomic E-state index is 0.0736. The standard InChI is InChI=1S/C25H31FN4O2/c1-18-9-10-23(29-11-2-3-12-29)22(14-18)24(31)30-13-5-6-19(17-30)16-27-25(32)28-21-8-4-7-20(26)15-21/h4,7-10,14-15,19H,2-3,5-6,11-13,16-17H2,1H3,(H2,27,28,32). The Bertz CT molecular complexity index is 974. The lowest BCUT2D eigenvalue weighted by Crippen LogP contribution is -2.44. The molecular weight excluding hydrogens is 407 g/mol. The number of aryl methyl sites for hydroxylation is 1. The van der Waals surface area contributed by atoms with Crippen LogP contribution < -0.4 is 15.5 Å². The molecule has 2 heterocycles. The predicted molar refractivity (Wildman–Crippen MR) is 125 cm³/mol. The zero-order valence-corrected chi connectivity index (χ0v) is 18.6. The molecule has 3 amide bonds. The molecule has 2 N–H and O–H groups in total. The number of hydrogen-bond acceptors (Lipinski definition) is 3. The van der Waals surface area contributed by atoms with Crippen molar-refractivity contribution in [2.45, 2.75) is 32.6 Å². The molecule has 2 aromatic carbocycles. The lowest BCUT2D eigenvalue weighted by Gasteiger charge is -2.34. The molecule has 0 spiro atoms. The third-order valence-corrected chi connectivity index (χ3v) is 6.27. The molecule has 2 aliphatic rings. The molecule has 1 unspecified atom stereocenters. The average molecular weight is 439 g/mol. The molecule has 0 aromatic heterocycles. The Morgan fingerprint density at radius 3 is 2.66 bits per heavy atom. The maximum absolute atomic E-state index is 13.5. The number of carbonyl (C=O) groups excluding carboxylic acids is 2. The maximum atomic E-state index is 13.5. The highest BCUT2D eigenvalue weighted by Crippen LogP contribution is 2.28. The molecule has 0 saturated carbocycles. The van der Waals surface area contributed by atoms with E-state index in [4.69, 9.17) is 0 Å². The molecule has 0 bridgehead atoms. The van der Waals surface area contributed by atoms with Gasteiger partial charge in [-0.2, -0.15) is 0 Å². The van der Waals surface area contributed by atoms with E-state index in [2.05, 4.69) is 27.7 Å². The Morgan fingerprint density at radius 2 is 1.88 bits per heavy atom. The normalized spacial score (nSPS) is 18.5. The fourth-order valence-electron chi connectivity index (χ4n) is 4.62. The topological polar surface area (TPSA) is 64.7 Å². The summed E-state index contributed by atoms with van der Waals surface area (Å²) in [7, 11) is 0. The van der Waals surface area contributed by atoms with E-state index < -0.39 is 5.82 Å². The molecule has 2 aromatic rings. The molecule has 170 valence electrons. The van der Waals surface area contributed by atoms with E-state index in [0.717, 1.165) is 62.1 Å². The van der Waals surface area contributed by atoms with E-state index in [1.165, 1.54) is 12.1 Å². The van der Waals surface area contributed by atoms with E-state index in [0.29, 0.717) is 18.8 Å². The van der Waals surface area contributed by atoms with Crippen LogP contribution in [0.5, 0.6) is 0 Å². The number of nitrogens with zero attached hydrogens (tertiary/aromatic N) is 2. The van der Waals surface area contributed by atoms with Gasteiger partial charge in [-0.3, -0.25) is 4.79 Å². The van der Waals surface area contributed by atoms with E-state index in [1.54, 1.807) is 12.1 Å². The van der Waals surface area contributed by atoms with Gasteiger partial charge in [0.15, 0.2) is 0 Å². The van der Waals surface area contributed by atoms with Gasteiger partial charge in [0.1, 0.15) is 5.82 Å². The van der Waals surface area contributed by atoms with Crippen LogP contribution in [0, 0.1) is 18.7 Å². The van der Waals surface area contributed by atoms with Gasteiger partial charge in [0.25, 0.3) is 5.91 Å². The number of nitrogens with one attached hydrogen (secondary N) is 2. The molecule has 0 radical (unpaired) electrons. The van der Waals surface area contributed by atoms with Gasteiger partial charge in [-0.1, -0.05) is 17.7 Å². The number of halogens is 1. The van der Waals surface area contributed by atoms with Crippen LogP contribution in [0.25, 0.3) is 0 Å². The van der Waals surface area contributed by atoms with Gasteiger partial charge in [0, 0.05) is 44.1 Å². The summed E-state index contributed by atoms with van der Waals surface area (Å²) in [5.74, 6) is -0.135. The quantitative estimate of drug-likeness (QED) is 0.727. The number of hydrogen-bond donors (Lipinski definition) is 2. The Morgan fingerprint density at radius 1 is 1.06 bits per heavy atom. The molecule has 2 fully saturated rings. The van der Waals surface area contributed by atoms with E-state index in [9.17, 15) is 14.0 Å². The minimum Gasteiger partial charge on any atom is -0.371 e. The van der Waals surface area contributed by atoms with Gasteiger partial charge < -0.3 is 20.4 Å². The Kier molecular flexibility index (Phi) is 6.93. The van der Waals surface area contributed by atoms with Gasteiger partial charge in [0.05, 0.1) is 5.56 Å². The van der Waals surface area contributed by atoms with E-state index in [1.807, 2.05) is 17.9 Å². The fourth-order valence-corrected chi connectivity index (χ4v) is 4.62. The van der Waals surface area contributed by atoms with Crippen LogP contribution in [-0.4, -0.2) is 49.6 Å². The number of urea groups is 1. The summed E-state index contributed by atoms with van der Waals surface area (Å²) in [6.45, 7) is 5.83. The second kappa shape index (κ2) is 10.0. The van der Waals surface area contributed by atoms with Crippen LogP contribution in [0.1, 0.15) is 41.6 Å². The summed E-state index contributed by atoms with van der Waals surface area (Å²) in [6, 6.07) is 11.6. The highest BCUT2D eigenvalue weighted by Gasteiger charge is 2.28. The highest BCUT2D eigenvalue weighted by atomic mass is 19.1. The SMILES string of the molecule is Cc1ccc(N2CCCC2)c(C(=O)N2CCCC(CNC(=O)Nc3cccc(F)c3)C2)c1. The summed E-state index contributed by atoms with van der Waals surface area (Å²) in [5, 5.41) is 5.52. The number of benzene rings is 2. The lowest BCUT2D eigenvalue weighted by molar-refractivity contribution is 0.0675. The Hall–Kier alpha value is -3.09. The van der Waals surface area contributed by atoms with Crippen LogP contribution in [0.3, 0.4) is 0 Å². The van der Waals surface area contributed by atoms with Crippen molar-refractivity contribution in [3.05, 3.63) is 59.4 Å². The van der Waals surface area contributed by atoms with Gasteiger partial charge >= 0.3 is 6.03 Å². The molecular formula is C25H31FN4O2. The lowest BCUT2D eigenvalue weighted by atomic mass is 9.96. The van der Waals surface area contributed by atoms with E-state index in [-0.39, 0.29) is 17.9 Å². The minimum atomic E-state index is -0.395. The number of anilines is 2. The van der Waals surface area contributed by atoms with Crippen LogP contribution in [-0.2, 0) is 0 Å². The molecule has 2 aliphatic heterocycles. The molecule has 7 heteroatoms. The van der Waals surface area contributed by atoms with Crippen molar-refractivity contribution in [1.82, 2.24) is 10.2 Å². The average Bonchev–Trinajstić information content (AvgIpc) is 3.32. The van der Waals surface area contributed by atoms with Crippen molar-refractivity contribution in [2.75, 3.05) is 42.9 Å². The van der Waals surface area contributed by atoms with Crippen molar-refractivity contribution in [3.63, 3.8) is 0 Å². The second-order valence-electron chi connectivity index (χ2n) is 8.82. The molecule has 32 heavy (non-hydrogen) atoms. The van der Waals surface area contributed by atoms with Crippen LogP contribution >= 0.6 is 0 Å². The van der Waals surface area contributed by atoms with Gasteiger partial charge in [-0.15, -0.1) is 0 Å². The first-order valence-electron chi connectivity index (χ1n) is 11.4. The smallest absolute Gasteiger partial charge is 0.319 e. The number of likely N-dealkylation sites (tertiary alicyclic amines) is 1. The Balaban J connectivity index is 1.36. The number of piperidine rings is 1. The Labute approximate surface area is 188 Å². The van der Waals surface area contributed by atoms with Gasteiger partial charge in [-0.25, -0.2) is 9.18 Å². The van der Waals surface area contributed by atoms with Crippen LogP contribution in [0.4, 0.5) is 20.6 Å². The summed E-state index contributed by atoms with van der Waals surface area (Å²) in [5.41, 5.74) is 3.31. The maximum Gasteiger partial charge on any atom is 0.319 e. The number of amides is 3. The van der Waals surface area contributed by atoms with Crippen molar-refractivity contribution < 1.29 is 14.0 Å². The first-order valence-corrected chi connectivity index (χ1v) is 11.4. The summed E-state index contributed by atoms with van der Waals surface area (Å²) in [6.07, 6.45) is 4.19. The molecule has 4 rings (SSSR count). The molecule has 6 nitrogen and oxygen atoms in total. The van der Waals surface area contributed by atoms with Crippen LogP contribution in [0.2, 0.25) is 0 Å². The fraction of sp³-hybridized carbons (Fsp3) is 0.440. The highest BCUT2D eigenvalue weighted by molar-refractivity contribution is 6.00. The molecule has 1 atom stereocenters. The van der Waals surface area contributed by atoms with Crippen LogP contribution in [0.15, 0.2) is 42.5 Å². The zero-order valence-electron chi connectivity index (χ0n) is 18.6. The molecule has 2 saturated heterocycles. The first-order chi connectivity index (χ1) is 15.5. The molecule has 0 aliphatic carbocycles. The van der Waals surface area contributed by atoms with Crippen molar-refractivity contribution in [1.29, 1.82) is 0 Å². The first kappa shape index (κ1) is 22.1. The predicted octanol–water partition coefficient (Wildman–Crippen LogP) is 4.41. The summed E-state index contributed by atoms with van der Waals surface area (Å²) in [4.78, 5) is 29.9. The third kappa shape index (κ3) is 5.39. The zero-order chi connectivity index (χ0) is 22.5. The summed E-state index contributed by atoms with van der Waals surface area (Å²) < 4.78 is 13.3. The third-order valence-electron chi connectivity index (χ3n) is 6.27. The number of rotatable bonds is 5. The van der Waals surface area contributed by atoms with E-state index >= 15 is 0 Å². The second-order valence-corrected chi connectivity index (χ2v) is 8.82. The summed E-state index contributed by atoms with van der Waals surface area (Å²) >= 11 is 0. The van der Waals surface area contributed by atoms with Gasteiger partial charge in [0.2, 0.25) is 0 Å². The van der Waals surface area contributed by atoms with Crippen molar-refractivity contribution in [2.24, 2.45) is 5.92 Å². The van der Waals surface area contributed by atoms with Gasteiger partial charge in [-0.05, 0) is 68.9 Å². The van der Waals surface area contributed by atoms with Crippen molar-refractivity contribution in [3.8, 4) is 0 Å².